The van der Waals surface area contributed by atoms with Crippen molar-refractivity contribution >= 4 is 5.69 Å². The Kier molecular flexibility index (Phi) is 3.71. The van der Waals surface area contributed by atoms with Gasteiger partial charge in [0.05, 0.1) is 0 Å². The molecule has 2 heterocycles. The van der Waals surface area contributed by atoms with Crippen LogP contribution in [-0.4, -0.2) is 42.0 Å². The Morgan fingerprint density at radius 2 is 2.11 bits per heavy atom. The second-order valence-corrected chi connectivity index (χ2v) is 5.73. The quantitative estimate of drug-likeness (QED) is 0.829. The molecule has 104 valence electrons. The predicted molar refractivity (Wildman–Crippen MR) is 75.3 cm³/mol. The van der Waals surface area contributed by atoms with E-state index in [1.807, 2.05) is 0 Å². The van der Waals surface area contributed by atoms with Crippen molar-refractivity contribution in [1.29, 1.82) is 0 Å². The van der Waals surface area contributed by atoms with Crippen LogP contribution in [0, 0.1) is 5.82 Å². The van der Waals surface area contributed by atoms with Crippen molar-refractivity contribution in [3.05, 3.63) is 29.6 Å². The number of fused-ring (bicyclic) bond motifs is 1. The Labute approximate surface area is 114 Å². The molecule has 0 aliphatic carbocycles. The maximum Gasteiger partial charge on any atom is 0.129 e. The molecule has 0 saturated carbocycles. The summed E-state index contributed by atoms with van der Waals surface area (Å²) in [5.74, 6) is -0.175. The Balaban J connectivity index is 1.67. The minimum atomic E-state index is -0.175. The second-order valence-electron chi connectivity index (χ2n) is 5.73. The van der Waals surface area contributed by atoms with Crippen LogP contribution in [0.2, 0.25) is 0 Å². The molecule has 0 spiro atoms. The van der Waals surface area contributed by atoms with E-state index in [1.165, 1.54) is 31.9 Å². The standard InChI is InChI=1S/C15H22FN3/c16-14-5-3-6-15(17)13(14)11-18-8-9-19-7-2-1-4-12(19)10-18/h3,5-6,12H,1-2,4,7-11,17H2. The molecule has 4 heteroatoms. The SMILES string of the molecule is Nc1cccc(F)c1CN1CCN2CCCCC2C1. The smallest absolute Gasteiger partial charge is 0.129 e. The van der Waals surface area contributed by atoms with Gasteiger partial charge in [0, 0.05) is 43.5 Å². The van der Waals surface area contributed by atoms with Crippen molar-refractivity contribution in [3.8, 4) is 0 Å². The molecule has 2 aliphatic rings. The highest BCUT2D eigenvalue weighted by atomic mass is 19.1. The first kappa shape index (κ1) is 12.9. The number of halogens is 1. The normalized spacial score (nSPS) is 25.2. The van der Waals surface area contributed by atoms with Crippen LogP contribution in [0.3, 0.4) is 0 Å². The summed E-state index contributed by atoms with van der Waals surface area (Å²) in [6.07, 6.45) is 3.94. The highest BCUT2D eigenvalue weighted by Crippen LogP contribution is 2.24. The van der Waals surface area contributed by atoms with Crippen molar-refractivity contribution in [2.45, 2.75) is 31.8 Å². The van der Waals surface area contributed by atoms with Gasteiger partial charge in [-0.15, -0.1) is 0 Å². The van der Waals surface area contributed by atoms with Crippen LogP contribution in [0.5, 0.6) is 0 Å². The minimum Gasteiger partial charge on any atom is -0.398 e. The van der Waals surface area contributed by atoms with E-state index < -0.39 is 0 Å². The van der Waals surface area contributed by atoms with Gasteiger partial charge in [-0.05, 0) is 31.5 Å². The van der Waals surface area contributed by atoms with Gasteiger partial charge in [-0.25, -0.2) is 4.39 Å². The third-order valence-corrected chi connectivity index (χ3v) is 4.46. The number of anilines is 1. The maximum atomic E-state index is 13.8. The fourth-order valence-electron chi connectivity index (χ4n) is 3.33. The molecule has 0 bridgehead atoms. The first-order valence-corrected chi connectivity index (χ1v) is 7.23. The molecule has 2 fully saturated rings. The van der Waals surface area contributed by atoms with E-state index >= 15 is 0 Å². The lowest BCUT2D eigenvalue weighted by Crippen LogP contribution is -2.54. The Morgan fingerprint density at radius 1 is 1.21 bits per heavy atom. The molecule has 1 aromatic rings. The van der Waals surface area contributed by atoms with E-state index in [-0.39, 0.29) is 5.82 Å². The summed E-state index contributed by atoms with van der Waals surface area (Å²) in [4.78, 5) is 4.94. The van der Waals surface area contributed by atoms with Gasteiger partial charge in [0.25, 0.3) is 0 Å². The van der Waals surface area contributed by atoms with Gasteiger partial charge in [0.1, 0.15) is 5.82 Å². The summed E-state index contributed by atoms with van der Waals surface area (Å²) in [5, 5.41) is 0. The summed E-state index contributed by atoms with van der Waals surface area (Å²) < 4.78 is 13.8. The van der Waals surface area contributed by atoms with Gasteiger partial charge in [-0.2, -0.15) is 0 Å². The van der Waals surface area contributed by atoms with Crippen LogP contribution in [0.25, 0.3) is 0 Å². The average molecular weight is 263 g/mol. The molecule has 0 aromatic heterocycles. The fraction of sp³-hybridized carbons (Fsp3) is 0.600. The summed E-state index contributed by atoms with van der Waals surface area (Å²) in [6, 6.07) is 5.63. The maximum absolute atomic E-state index is 13.8. The summed E-state index contributed by atoms with van der Waals surface area (Å²) in [6.45, 7) is 5.06. The highest BCUT2D eigenvalue weighted by Gasteiger charge is 2.29. The topological polar surface area (TPSA) is 32.5 Å². The van der Waals surface area contributed by atoms with Gasteiger partial charge in [-0.1, -0.05) is 12.5 Å². The van der Waals surface area contributed by atoms with E-state index in [0.717, 1.165) is 19.6 Å². The zero-order valence-corrected chi connectivity index (χ0v) is 11.3. The second kappa shape index (κ2) is 5.47. The number of nitrogens with two attached hydrogens (primary N) is 1. The number of benzene rings is 1. The van der Waals surface area contributed by atoms with Crippen molar-refractivity contribution in [1.82, 2.24) is 9.80 Å². The molecule has 3 nitrogen and oxygen atoms in total. The molecule has 2 aliphatic heterocycles. The number of piperidine rings is 1. The zero-order valence-electron chi connectivity index (χ0n) is 11.3. The molecule has 1 atom stereocenters. The van der Waals surface area contributed by atoms with E-state index in [9.17, 15) is 4.39 Å². The molecule has 0 radical (unpaired) electrons. The summed E-state index contributed by atoms with van der Waals surface area (Å²) >= 11 is 0. The molecular weight excluding hydrogens is 241 g/mol. The van der Waals surface area contributed by atoms with Gasteiger partial charge in [0.2, 0.25) is 0 Å². The van der Waals surface area contributed by atoms with E-state index in [1.54, 1.807) is 12.1 Å². The largest absolute Gasteiger partial charge is 0.398 e. The third kappa shape index (κ3) is 2.74. The molecule has 19 heavy (non-hydrogen) atoms. The van der Waals surface area contributed by atoms with Gasteiger partial charge >= 0.3 is 0 Å². The predicted octanol–water partition coefficient (Wildman–Crippen LogP) is 2.08. The molecule has 0 amide bonds. The number of piperazine rings is 1. The van der Waals surface area contributed by atoms with Crippen LogP contribution in [-0.2, 0) is 6.54 Å². The molecular formula is C15H22FN3. The summed E-state index contributed by atoms with van der Waals surface area (Å²) in [5.41, 5.74) is 7.13. The molecule has 1 unspecified atom stereocenters. The average Bonchev–Trinajstić information content (AvgIpc) is 2.43. The molecule has 3 rings (SSSR count). The van der Waals surface area contributed by atoms with Crippen LogP contribution in [0.4, 0.5) is 10.1 Å². The number of nitrogens with zero attached hydrogens (tertiary/aromatic N) is 2. The number of nitrogen functional groups attached to an aromatic ring is 1. The van der Waals surface area contributed by atoms with Gasteiger partial charge in [-0.3, -0.25) is 9.80 Å². The molecule has 2 saturated heterocycles. The Morgan fingerprint density at radius 3 is 2.95 bits per heavy atom. The number of rotatable bonds is 2. The fourth-order valence-corrected chi connectivity index (χ4v) is 3.33. The van der Waals surface area contributed by atoms with Crippen LogP contribution in [0.1, 0.15) is 24.8 Å². The van der Waals surface area contributed by atoms with Crippen molar-refractivity contribution in [2.75, 3.05) is 31.9 Å². The first-order valence-electron chi connectivity index (χ1n) is 7.23. The van der Waals surface area contributed by atoms with Crippen molar-refractivity contribution in [2.24, 2.45) is 0 Å². The van der Waals surface area contributed by atoms with Crippen LogP contribution in [0.15, 0.2) is 18.2 Å². The van der Waals surface area contributed by atoms with Crippen molar-refractivity contribution < 1.29 is 4.39 Å². The zero-order chi connectivity index (χ0) is 13.2. The highest BCUT2D eigenvalue weighted by molar-refractivity contribution is 5.47. The van der Waals surface area contributed by atoms with Crippen molar-refractivity contribution in [3.63, 3.8) is 0 Å². The number of hydrogen-bond donors (Lipinski definition) is 1. The minimum absolute atomic E-state index is 0.175. The van der Waals surface area contributed by atoms with Crippen LogP contribution >= 0.6 is 0 Å². The Hall–Kier alpha value is -1.13. The number of hydrogen-bond acceptors (Lipinski definition) is 3. The lowest BCUT2D eigenvalue weighted by atomic mass is 9.99. The monoisotopic (exact) mass is 263 g/mol. The van der Waals surface area contributed by atoms with Gasteiger partial charge in [0.15, 0.2) is 0 Å². The van der Waals surface area contributed by atoms with Crippen LogP contribution < -0.4 is 5.73 Å². The molecule has 2 N–H and O–H groups in total. The lowest BCUT2D eigenvalue weighted by molar-refractivity contribution is 0.0453. The van der Waals surface area contributed by atoms with E-state index in [2.05, 4.69) is 9.80 Å². The lowest BCUT2D eigenvalue weighted by Gasteiger charge is -2.44. The Bertz CT molecular complexity index is 429. The van der Waals surface area contributed by atoms with E-state index in [0.29, 0.717) is 23.8 Å². The van der Waals surface area contributed by atoms with Gasteiger partial charge < -0.3 is 5.73 Å². The molecule has 1 aromatic carbocycles. The third-order valence-electron chi connectivity index (χ3n) is 4.46. The first-order chi connectivity index (χ1) is 9.24. The van der Waals surface area contributed by atoms with E-state index in [4.69, 9.17) is 5.73 Å². The summed E-state index contributed by atoms with van der Waals surface area (Å²) in [7, 11) is 0.